The normalized spacial score (nSPS) is 18.5. The van der Waals surface area contributed by atoms with E-state index < -0.39 is 18.3 Å². The minimum absolute atomic E-state index is 0.0815. The third kappa shape index (κ3) is 4.61. The first-order chi connectivity index (χ1) is 23.3. The molecule has 0 radical (unpaired) electrons. The summed E-state index contributed by atoms with van der Waals surface area (Å²) in [4.78, 5) is 0. The fourth-order valence-electron chi connectivity index (χ4n) is 9.95. The Bertz CT molecular complexity index is 2230. The minimum atomic E-state index is -4.81. The van der Waals surface area contributed by atoms with Crippen molar-refractivity contribution in [3.05, 3.63) is 148 Å². The summed E-state index contributed by atoms with van der Waals surface area (Å²) in [6.07, 6.45) is 16.4. The number of hydrogen-bond acceptors (Lipinski definition) is 0. The van der Waals surface area contributed by atoms with Gasteiger partial charge in [-0.1, -0.05) is 0 Å². The topological polar surface area (TPSA) is 0 Å². The summed E-state index contributed by atoms with van der Waals surface area (Å²) in [5.74, 6) is 0. The summed E-state index contributed by atoms with van der Waals surface area (Å²) in [5.41, 5.74) is 14.3. The fourth-order valence-corrected chi connectivity index (χ4v) is 26.8. The van der Waals surface area contributed by atoms with E-state index in [4.69, 9.17) is 4.21 Å². The first-order valence-electron chi connectivity index (χ1n) is 18.7. The Balaban J connectivity index is 1.39. The molecule has 0 atom stereocenters. The average Bonchev–Trinajstić information content (AvgIpc) is 3.84. The fraction of sp³-hybridized carbons (Fsp3) is 0.327. The zero-order chi connectivity index (χ0) is 35.7. The number of benzene rings is 4. The first kappa shape index (κ1) is 33.7. The molecule has 0 fully saturated rings. The van der Waals surface area contributed by atoms with Gasteiger partial charge in [-0.2, -0.15) is 0 Å². The van der Waals surface area contributed by atoms with Crippen LogP contribution in [0.4, 0.5) is 0 Å². The SMILES string of the molecule is [CH2]=[Zr]([C]1=CC=CC1)([C]1=Cc2cc3c(cc2C1(C)C)Cc1cc2c(cc1-3)C=CC2(C)C)([c]1ccc(C(C)(C)C)cc1)[c]1ccc(C(C)(C)C)cc1. The van der Waals surface area contributed by atoms with E-state index in [2.05, 4.69) is 178 Å². The van der Waals surface area contributed by atoms with Crippen molar-refractivity contribution >= 4 is 22.9 Å². The summed E-state index contributed by atoms with van der Waals surface area (Å²) >= 11 is -4.81. The molecule has 4 aromatic rings. The van der Waals surface area contributed by atoms with Crippen molar-refractivity contribution in [1.29, 1.82) is 0 Å². The zero-order valence-electron chi connectivity index (χ0n) is 32.0. The van der Waals surface area contributed by atoms with E-state index in [1.54, 1.807) is 3.28 Å². The predicted molar refractivity (Wildman–Crippen MR) is 216 cm³/mol. The van der Waals surface area contributed by atoms with Crippen molar-refractivity contribution in [1.82, 2.24) is 0 Å². The van der Waals surface area contributed by atoms with Crippen LogP contribution in [-0.2, 0) is 46.4 Å². The van der Waals surface area contributed by atoms with E-state index in [0.29, 0.717) is 0 Å². The van der Waals surface area contributed by atoms with Crippen LogP contribution in [0.5, 0.6) is 0 Å². The molecule has 0 aromatic heterocycles. The molecule has 0 N–H and O–H groups in total. The van der Waals surface area contributed by atoms with Crippen molar-refractivity contribution in [2.24, 2.45) is 0 Å². The van der Waals surface area contributed by atoms with Crippen molar-refractivity contribution in [2.75, 3.05) is 0 Å². The van der Waals surface area contributed by atoms with Gasteiger partial charge in [-0.3, -0.25) is 0 Å². The van der Waals surface area contributed by atoms with E-state index in [9.17, 15) is 0 Å². The Morgan fingerprint density at radius 3 is 1.68 bits per heavy atom. The van der Waals surface area contributed by atoms with Crippen LogP contribution in [-0.4, -0.2) is 4.21 Å². The van der Waals surface area contributed by atoms with Crippen LogP contribution in [0.2, 0.25) is 0 Å². The van der Waals surface area contributed by atoms with Gasteiger partial charge in [0.15, 0.2) is 0 Å². The number of hydrogen-bond donors (Lipinski definition) is 0. The molecule has 254 valence electrons. The van der Waals surface area contributed by atoms with Gasteiger partial charge in [0.1, 0.15) is 0 Å². The molecule has 50 heavy (non-hydrogen) atoms. The molecule has 1 heteroatoms. The van der Waals surface area contributed by atoms with Crippen molar-refractivity contribution < 1.29 is 18.3 Å². The van der Waals surface area contributed by atoms with Gasteiger partial charge < -0.3 is 0 Å². The van der Waals surface area contributed by atoms with Crippen LogP contribution in [0, 0.1) is 0 Å². The van der Waals surface area contributed by atoms with Crippen LogP contribution in [0.25, 0.3) is 23.3 Å². The molecule has 0 nitrogen and oxygen atoms in total. The second-order valence-electron chi connectivity index (χ2n) is 19.0. The molecular weight excluding hydrogens is 680 g/mol. The van der Waals surface area contributed by atoms with Gasteiger partial charge in [0, 0.05) is 0 Å². The summed E-state index contributed by atoms with van der Waals surface area (Å²) in [7, 11) is 0. The molecule has 0 saturated carbocycles. The Morgan fingerprint density at radius 2 is 1.18 bits per heavy atom. The van der Waals surface area contributed by atoms with Crippen LogP contribution in [0.3, 0.4) is 0 Å². The molecule has 8 rings (SSSR count). The van der Waals surface area contributed by atoms with E-state index in [-0.39, 0.29) is 21.7 Å². The number of allylic oxidation sites excluding steroid dienone is 6. The summed E-state index contributed by atoms with van der Waals surface area (Å²) < 4.78 is 11.7. The monoisotopic (exact) mass is 732 g/mol. The van der Waals surface area contributed by atoms with Crippen LogP contribution >= 0.6 is 0 Å². The van der Waals surface area contributed by atoms with Crippen molar-refractivity contribution in [2.45, 2.75) is 104 Å². The number of fused-ring (bicyclic) bond motifs is 5. The molecule has 0 saturated heterocycles. The van der Waals surface area contributed by atoms with Crippen LogP contribution in [0.15, 0.2) is 104 Å². The molecular formula is C49H54Zr. The van der Waals surface area contributed by atoms with Gasteiger partial charge >= 0.3 is 304 Å². The van der Waals surface area contributed by atoms with Gasteiger partial charge in [-0.05, 0) is 0 Å². The molecule has 4 aliphatic rings. The Labute approximate surface area is 302 Å². The molecule has 0 bridgehead atoms. The first-order valence-corrected chi connectivity index (χ1v) is 25.4. The third-order valence-electron chi connectivity index (χ3n) is 13.1. The number of rotatable bonds is 4. The predicted octanol–water partition coefficient (Wildman–Crippen LogP) is 11.4. The standard InChI is InChI=1S/C23H21.2C10H13.C5H5.CH2.Zr/c1-22(2)7-5-14-10-18-16(12-20(14)22)9-17-13-21-15(11-19(17)18)6-8-23(21,3)4;2*1-10(2,3)9-7-5-4-6-8-9;1-2-4-5-3-1;;/h5-7,10-13H,9H2,1-4H3;2*5-8H,1-3H3;1-3H,4H2;1H2;. The van der Waals surface area contributed by atoms with Gasteiger partial charge in [0.05, 0.1) is 0 Å². The van der Waals surface area contributed by atoms with E-state index >= 15 is 0 Å². The molecule has 0 spiro atoms. The molecule has 0 aliphatic heterocycles. The molecule has 0 unspecified atom stereocenters. The summed E-state index contributed by atoms with van der Waals surface area (Å²) in [6.45, 7) is 23.6. The van der Waals surface area contributed by atoms with Gasteiger partial charge in [0.25, 0.3) is 0 Å². The second kappa shape index (κ2) is 10.6. The van der Waals surface area contributed by atoms with Crippen molar-refractivity contribution in [3.63, 3.8) is 0 Å². The molecule has 4 aromatic carbocycles. The maximum atomic E-state index is 5.76. The summed E-state index contributed by atoms with van der Waals surface area (Å²) in [6, 6.07) is 29.6. The molecule has 4 aliphatic carbocycles. The van der Waals surface area contributed by atoms with Crippen LogP contribution < -0.4 is 6.54 Å². The summed E-state index contributed by atoms with van der Waals surface area (Å²) in [5, 5.41) is 0. The molecule has 0 amide bonds. The average molecular weight is 734 g/mol. The Kier molecular flexibility index (Phi) is 7.13. The van der Waals surface area contributed by atoms with Gasteiger partial charge in [-0.15, -0.1) is 0 Å². The van der Waals surface area contributed by atoms with Gasteiger partial charge in [-0.25, -0.2) is 0 Å². The maximum absolute atomic E-state index is 5.76. The second-order valence-corrected chi connectivity index (χ2v) is 31.9. The quantitative estimate of drug-likeness (QED) is 0.173. The van der Waals surface area contributed by atoms with E-state index in [1.165, 1.54) is 65.5 Å². The van der Waals surface area contributed by atoms with Crippen LogP contribution in [0.1, 0.15) is 120 Å². The Hall–Kier alpha value is -3.41. The third-order valence-corrected chi connectivity index (χ3v) is 30.2. The zero-order valence-corrected chi connectivity index (χ0v) is 34.5. The van der Waals surface area contributed by atoms with E-state index in [1.807, 2.05) is 0 Å². The van der Waals surface area contributed by atoms with Crippen molar-refractivity contribution in [3.8, 4) is 11.1 Å². The van der Waals surface area contributed by atoms with E-state index in [0.717, 1.165) is 12.8 Å². The molecule has 0 heterocycles. The van der Waals surface area contributed by atoms with Gasteiger partial charge in [0.2, 0.25) is 0 Å². The Morgan fingerprint density at radius 1 is 0.660 bits per heavy atom.